The Morgan fingerprint density at radius 1 is 1.29 bits per heavy atom. The molecule has 0 radical (unpaired) electrons. The molecule has 5 rings (SSSR count). The number of carbonyl (C=O) groups excluding carboxylic acids is 1. The van der Waals surface area contributed by atoms with Gasteiger partial charge in [0.15, 0.2) is 5.65 Å². The highest BCUT2D eigenvalue weighted by Gasteiger charge is 2.17. The Hall–Kier alpha value is -3.45. The van der Waals surface area contributed by atoms with Gasteiger partial charge in [-0.2, -0.15) is 11.3 Å². The van der Waals surface area contributed by atoms with Crippen molar-refractivity contribution in [2.24, 2.45) is 0 Å². The van der Waals surface area contributed by atoms with Gasteiger partial charge in [0.25, 0.3) is 5.91 Å². The second-order valence-corrected chi connectivity index (χ2v) is 7.39. The van der Waals surface area contributed by atoms with Crippen molar-refractivity contribution >= 4 is 33.9 Å². The fourth-order valence-corrected chi connectivity index (χ4v) is 4.05. The molecule has 0 aliphatic carbocycles. The van der Waals surface area contributed by atoms with Gasteiger partial charge in [-0.25, -0.2) is 9.97 Å². The molecule has 2 N–H and O–H groups in total. The second-order valence-electron chi connectivity index (χ2n) is 6.61. The van der Waals surface area contributed by atoms with E-state index < -0.39 is 0 Å². The lowest BCUT2D eigenvalue weighted by Gasteiger charge is -2.07. The van der Waals surface area contributed by atoms with Crippen LogP contribution in [-0.4, -0.2) is 25.3 Å². The van der Waals surface area contributed by atoms with Crippen LogP contribution in [0, 0.1) is 6.92 Å². The third-order valence-corrected chi connectivity index (χ3v) is 5.55. The number of benzene rings is 1. The van der Waals surface area contributed by atoms with Gasteiger partial charge in [-0.3, -0.25) is 4.79 Å². The second kappa shape index (κ2) is 6.61. The predicted octanol–water partition coefficient (Wildman–Crippen LogP) is 4.18. The number of fused-ring (bicyclic) bond motifs is 2. The number of nitrogens with zero attached hydrogens (tertiary/aromatic N) is 3. The maximum absolute atomic E-state index is 12.9. The minimum Gasteiger partial charge on any atom is -0.348 e. The predicted molar refractivity (Wildman–Crippen MR) is 111 cm³/mol. The number of H-pyrrole nitrogens is 1. The molecular formula is C21H17N5OS. The van der Waals surface area contributed by atoms with Crippen molar-refractivity contribution in [3.8, 4) is 11.3 Å². The van der Waals surface area contributed by atoms with Crippen molar-refractivity contribution in [2.45, 2.75) is 13.5 Å². The van der Waals surface area contributed by atoms with Crippen LogP contribution in [0.25, 0.3) is 27.9 Å². The number of nitrogens with one attached hydrogen (secondary N) is 2. The molecule has 0 saturated heterocycles. The van der Waals surface area contributed by atoms with Crippen molar-refractivity contribution in [3.05, 3.63) is 76.5 Å². The van der Waals surface area contributed by atoms with E-state index in [1.54, 1.807) is 17.7 Å². The highest BCUT2D eigenvalue weighted by Crippen LogP contribution is 2.27. The van der Waals surface area contributed by atoms with Gasteiger partial charge < -0.3 is 14.7 Å². The van der Waals surface area contributed by atoms with Crippen LogP contribution in [0.2, 0.25) is 0 Å². The molecule has 5 aromatic rings. The molecule has 0 saturated carbocycles. The molecule has 138 valence electrons. The topological polar surface area (TPSA) is 75.1 Å². The number of hydrogen-bond acceptors (Lipinski definition) is 4. The van der Waals surface area contributed by atoms with Gasteiger partial charge in [-0.15, -0.1) is 0 Å². The number of aromatic nitrogens is 4. The zero-order valence-electron chi connectivity index (χ0n) is 15.1. The van der Waals surface area contributed by atoms with Crippen LogP contribution < -0.4 is 5.32 Å². The fourth-order valence-electron chi connectivity index (χ4n) is 3.41. The van der Waals surface area contributed by atoms with Crippen LogP contribution in [0.4, 0.5) is 0 Å². The average molecular weight is 387 g/mol. The monoisotopic (exact) mass is 387 g/mol. The summed E-state index contributed by atoms with van der Waals surface area (Å²) in [4.78, 5) is 24.9. The van der Waals surface area contributed by atoms with Crippen LogP contribution >= 0.6 is 11.3 Å². The maximum Gasteiger partial charge on any atom is 0.255 e. The lowest BCUT2D eigenvalue weighted by Crippen LogP contribution is -2.23. The van der Waals surface area contributed by atoms with Gasteiger partial charge in [0.2, 0.25) is 0 Å². The van der Waals surface area contributed by atoms with Crippen LogP contribution in [0.15, 0.2) is 59.7 Å². The number of carbonyl (C=O) groups is 1. The number of pyridine rings is 1. The Labute approximate surface area is 164 Å². The van der Waals surface area contributed by atoms with Crippen molar-refractivity contribution in [3.63, 3.8) is 0 Å². The molecule has 0 spiro atoms. The summed E-state index contributed by atoms with van der Waals surface area (Å²) in [6, 6.07) is 11.6. The lowest BCUT2D eigenvalue weighted by atomic mass is 10.2. The van der Waals surface area contributed by atoms with E-state index in [-0.39, 0.29) is 5.91 Å². The zero-order valence-corrected chi connectivity index (χ0v) is 16.0. The molecule has 0 unspecified atom stereocenters. The first-order valence-corrected chi connectivity index (χ1v) is 9.85. The smallest absolute Gasteiger partial charge is 0.255 e. The Morgan fingerprint density at radius 3 is 3.07 bits per heavy atom. The lowest BCUT2D eigenvalue weighted by molar-refractivity contribution is 0.0952. The molecule has 4 aromatic heterocycles. The van der Waals surface area contributed by atoms with E-state index in [0.717, 1.165) is 33.5 Å². The molecule has 0 atom stereocenters. The molecular weight excluding hydrogens is 370 g/mol. The van der Waals surface area contributed by atoms with E-state index >= 15 is 0 Å². The van der Waals surface area contributed by atoms with Gasteiger partial charge >= 0.3 is 0 Å². The Morgan fingerprint density at radius 2 is 2.21 bits per heavy atom. The highest BCUT2D eigenvalue weighted by molar-refractivity contribution is 7.08. The third-order valence-electron chi connectivity index (χ3n) is 4.87. The largest absolute Gasteiger partial charge is 0.348 e. The van der Waals surface area contributed by atoms with Crippen LogP contribution in [0.1, 0.15) is 21.6 Å². The molecule has 1 aromatic carbocycles. The number of aryl methyl sites for hydroxylation is 1. The van der Waals surface area contributed by atoms with Crippen LogP contribution in [-0.2, 0) is 6.54 Å². The van der Waals surface area contributed by atoms with E-state index in [9.17, 15) is 4.79 Å². The normalized spacial score (nSPS) is 11.3. The summed E-state index contributed by atoms with van der Waals surface area (Å²) in [6.45, 7) is 2.46. The van der Waals surface area contributed by atoms with E-state index in [2.05, 4.69) is 20.7 Å². The molecule has 7 heteroatoms. The summed E-state index contributed by atoms with van der Waals surface area (Å²) < 4.78 is 1.97. The molecule has 1 amide bonds. The first-order valence-electron chi connectivity index (χ1n) is 8.91. The van der Waals surface area contributed by atoms with E-state index in [1.165, 1.54) is 0 Å². The zero-order chi connectivity index (χ0) is 19.1. The number of thiophene rings is 1. The van der Waals surface area contributed by atoms with E-state index in [4.69, 9.17) is 4.98 Å². The average Bonchev–Trinajstić information content (AvgIpc) is 3.45. The number of rotatable bonds is 4. The Bertz CT molecular complexity index is 1300. The Balaban J connectivity index is 1.45. The minimum atomic E-state index is -0.142. The number of aromatic amines is 1. The Kier molecular flexibility index (Phi) is 3.95. The maximum atomic E-state index is 12.9. The first kappa shape index (κ1) is 16.7. The number of hydrogen-bond donors (Lipinski definition) is 2. The number of amides is 1. The van der Waals surface area contributed by atoms with Gasteiger partial charge in [0.1, 0.15) is 0 Å². The van der Waals surface area contributed by atoms with Crippen molar-refractivity contribution < 1.29 is 4.79 Å². The third kappa shape index (κ3) is 2.76. The minimum absolute atomic E-state index is 0.142. The molecule has 28 heavy (non-hydrogen) atoms. The summed E-state index contributed by atoms with van der Waals surface area (Å²) in [6.07, 6.45) is 3.61. The van der Waals surface area contributed by atoms with Crippen molar-refractivity contribution in [1.29, 1.82) is 0 Å². The first-order chi connectivity index (χ1) is 13.7. The molecule has 4 heterocycles. The molecule has 6 nitrogen and oxygen atoms in total. The van der Waals surface area contributed by atoms with Crippen LogP contribution in [0.3, 0.4) is 0 Å². The summed E-state index contributed by atoms with van der Waals surface area (Å²) in [7, 11) is 0. The van der Waals surface area contributed by atoms with Crippen LogP contribution in [0.5, 0.6) is 0 Å². The molecule has 0 bridgehead atoms. The SMILES string of the molecule is Cc1c(-c2ccsc2)nc2c(C(=O)NCc3ccc4nc[nH]c4c3)cccn12. The summed E-state index contributed by atoms with van der Waals surface area (Å²) in [5, 5.41) is 7.10. The highest BCUT2D eigenvalue weighted by atomic mass is 32.1. The van der Waals surface area contributed by atoms with Crippen molar-refractivity contribution in [2.75, 3.05) is 0 Å². The van der Waals surface area contributed by atoms with E-state index in [1.807, 2.05) is 59.3 Å². The fraction of sp³-hybridized carbons (Fsp3) is 0.0952. The molecule has 0 aliphatic heterocycles. The van der Waals surface area contributed by atoms with Gasteiger partial charge in [0.05, 0.1) is 28.6 Å². The number of imidazole rings is 2. The van der Waals surface area contributed by atoms with Crippen molar-refractivity contribution in [1.82, 2.24) is 24.7 Å². The molecule has 0 aliphatic rings. The standard InChI is InChI=1S/C21H17N5OS/c1-13-19(15-6-8-28-11-15)25-20-16(3-2-7-26(13)20)21(27)22-10-14-4-5-17-18(9-14)24-12-23-17/h2-9,11-12H,10H2,1H3,(H,22,27)(H,23,24). The quantitative estimate of drug-likeness (QED) is 0.486. The molecule has 0 fully saturated rings. The van der Waals surface area contributed by atoms with Gasteiger partial charge in [-0.05, 0) is 48.2 Å². The summed E-state index contributed by atoms with van der Waals surface area (Å²) >= 11 is 1.64. The van der Waals surface area contributed by atoms with E-state index in [0.29, 0.717) is 17.8 Å². The summed E-state index contributed by atoms with van der Waals surface area (Å²) in [5.41, 5.74) is 7.11. The summed E-state index contributed by atoms with van der Waals surface area (Å²) in [5.74, 6) is -0.142. The van der Waals surface area contributed by atoms with Gasteiger partial charge in [-0.1, -0.05) is 6.07 Å². The van der Waals surface area contributed by atoms with Gasteiger partial charge in [0, 0.05) is 29.4 Å².